The monoisotopic (exact) mass is 385 g/mol. The first-order chi connectivity index (χ1) is 14.3. The standard InChI is InChI=1S/C25H27N3O/c29-25(24-10-8-23(9-11-24)22-6-2-1-3-7-22)28(18-20-12-15-26-16-13-20)19-21-5-4-14-27-17-21/h4-5,8-17,22H,1-3,6-7,18-19H2. The molecule has 148 valence electrons. The van der Waals surface area contributed by atoms with Crippen molar-refractivity contribution in [3.63, 3.8) is 0 Å². The molecule has 0 aliphatic heterocycles. The Balaban J connectivity index is 1.53. The van der Waals surface area contributed by atoms with E-state index in [2.05, 4.69) is 22.1 Å². The predicted octanol–water partition coefficient (Wildman–Crippen LogP) is 5.37. The van der Waals surface area contributed by atoms with Gasteiger partial charge in [0, 0.05) is 43.4 Å². The van der Waals surface area contributed by atoms with Crippen molar-refractivity contribution in [2.24, 2.45) is 0 Å². The van der Waals surface area contributed by atoms with Gasteiger partial charge >= 0.3 is 0 Å². The van der Waals surface area contributed by atoms with Gasteiger partial charge in [0.15, 0.2) is 0 Å². The summed E-state index contributed by atoms with van der Waals surface area (Å²) in [5, 5.41) is 0. The first-order valence-electron chi connectivity index (χ1n) is 10.5. The van der Waals surface area contributed by atoms with Crippen molar-refractivity contribution in [2.45, 2.75) is 51.1 Å². The van der Waals surface area contributed by atoms with Gasteiger partial charge in [-0.3, -0.25) is 14.8 Å². The average Bonchev–Trinajstić information content (AvgIpc) is 2.80. The molecule has 1 aromatic carbocycles. The number of hydrogen-bond acceptors (Lipinski definition) is 3. The second-order valence-corrected chi connectivity index (χ2v) is 7.83. The summed E-state index contributed by atoms with van der Waals surface area (Å²) in [5.41, 5.74) is 4.20. The van der Waals surface area contributed by atoms with Gasteiger partial charge < -0.3 is 4.90 Å². The lowest BCUT2D eigenvalue weighted by Gasteiger charge is -2.24. The van der Waals surface area contributed by atoms with Crippen LogP contribution in [0.2, 0.25) is 0 Å². The SMILES string of the molecule is O=C(c1ccc(C2CCCCC2)cc1)N(Cc1ccncc1)Cc1cccnc1. The Bertz CT molecular complexity index is 862. The largest absolute Gasteiger partial charge is 0.330 e. The molecule has 0 unspecified atom stereocenters. The van der Waals surface area contributed by atoms with Gasteiger partial charge in [-0.05, 0) is 65.8 Å². The number of hydrogen-bond donors (Lipinski definition) is 0. The number of nitrogens with zero attached hydrogens (tertiary/aromatic N) is 3. The quantitative estimate of drug-likeness (QED) is 0.573. The van der Waals surface area contributed by atoms with E-state index in [1.807, 2.05) is 47.5 Å². The fourth-order valence-electron chi connectivity index (χ4n) is 4.14. The van der Waals surface area contributed by atoms with Gasteiger partial charge in [-0.25, -0.2) is 0 Å². The summed E-state index contributed by atoms with van der Waals surface area (Å²) in [6.07, 6.45) is 13.6. The van der Waals surface area contributed by atoms with Crippen molar-refractivity contribution in [3.05, 3.63) is 95.6 Å². The van der Waals surface area contributed by atoms with Crippen LogP contribution in [-0.2, 0) is 13.1 Å². The smallest absolute Gasteiger partial charge is 0.254 e. The van der Waals surface area contributed by atoms with Crippen LogP contribution in [0.1, 0.15) is 65.1 Å². The van der Waals surface area contributed by atoms with E-state index < -0.39 is 0 Å². The van der Waals surface area contributed by atoms with E-state index in [4.69, 9.17) is 0 Å². The zero-order valence-corrected chi connectivity index (χ0v) is 16.7. The zero-order valence-electron chi connectivity index (χ0n) is 16.7. The van der Waals surface area contributed by atoms with Gasteiger partial charge in [0.2, 0.25) is 0 Å². The highest BCUT2D eigenvalue weighted by molar-refractivity contribution is 5.94. The highest BCUT2D eigenvalue weighted by Gasteiger charge is 2.19. The van der Waals surface area contributed by atoms with Gasteiger partial charge in [-0.15, -0.1) is 0 Å². The van der Waals surface area contributed by atoms with Crippen molar-refractivity contribution in [1.29, 1.82) is 0 Å². The maximum absolute atomic E-state index is 13.3. The van der Waals surface area contributed by atoms with E-state index in [0.29, 0.717) is 19.0 Å². The molecule has 29 heavy (non-hydrogen) atoms. The Morgan fingerprint density at radius 2 is 1.55 bits per heavy atom. The van der Waals surface area contributed by atoms with Crippen LogP contribution in [0.25, 0.3) is 0 Å². The first kappa shape index (κ1) is 19.3. The minimum atomic E-state index is 0.0425. The summed E-state index contributed by atoms with van der Waals surface area (Å²) in [4.78, 5) is 23.5. The lowest BCUT2D eigenvalue weighted by molar-refractivity contribution is 0.0730. The van der Waals surface area contributed by atoms with E-state index in [1.54, 1.807) is 18.6 Å². The molecule has 4 nitrogen and oxygen atoms in total. The van der Waals surface area contributed by atoms with Crippen LogP contribution in [-0.4, -0.2) is 20.8 Å². The molecule has 0 bridgehead atoms. The second kappa shape index (κ2) is 9.46. The maximum atomic E-state index is 13.3. The van der Waals surface area contributed by atoms with Crippen molar-refractivity contribution >= 4 is 5.91 Å². The topological polar surface area (TPSA) is 46.1 Å². The minimum absolute atomic E-state index is 0.0425. The number of carbonyl (C=O) groups is 1. The summed E-state index contributed by atoms with van der Waals surface area (Å²) >= 11 is 0. The predicted molar refractivity (Wildman–Crippen MR) is 114 cm³/mol. The summed E-state index contributed by atoms with van der Waals surface area (Å²) in [6.45, 7) is 1.07. The van der Waals surface area contributed by atoms with Crippen molar-refractivity contribution < 1.29 is 4.79 Å². The lowest BCUT2D eigenvalue weighted by atomic mass is 9.84. The summed E-state index contributed by atoms with van der Waals surface area (Å²) in [5.74, 6) is 0.692. The van der Waals surface area contributed by atoms with Crippen LogP contribution in [0.4, 0.5) is 0 Å². The van der Waals surface area contributed by atoms with Gasteiger partial charge in [0.05, 0.1) is 0 Å². The molecule has 3 aromatic rings. The Labute approximate surface area is 172 Å². The molecule has 1 aliphatic rings. The molecule has 0 spiro atoms. The van der Waals surface area contributed by atoms with Gasteiger partial charge in [-0.2, -0.15) is 0 Å². The highest BCUT2D eigenvalue weighted by atomic mass is 16.2. The van der Waals surface area contributed by atoms with Gasteiger partial charge in [0.1, 0.15) is 0 Å². The van der Waals surface area contributed by atoms with Gasteiger partial charge in [-0.1, -0.05) is 37.5 Å². The molecular formula is C25H27N3O. The zero-order chi connectivity index (χ0) is 19.9. The Morgan fingerprint density at radius 3 is 2.24 bits per heavy atom. The fourth-order valence-corrected chi connectivity index (χ4v) is 4.14. The second-order valence-electron chi connectivity index (χ2n) is 7.83. The van der Waals surface area contributed by atoms with Crippen LogP contribution in [0.3, 0.4) is 0 Å². The number of benzene rings is 1. The molecule has 0 N–H and O–H groups in total. The Kier molecular flexibility index (Phi) is 6.30. The highest BCUT2D eigenvalue weighted by Crippen LogP contribution is 2.32. The molecular weight excluding hydrogens is 358 g/mol. The average molecular weight is 386 g/mol. The third-order valence-corrected chi connectivity index (χ3v) is 5.74. The number of aromatic nitrogens is 2. The first-order valence-corrected chi connectivity index (χ1v) is 10.5. The molecule has 2 aromatic heterocycles. The Morgan fingerprint density at radius 1 is 0.828 bits per heavy atom. The number of amides is 1. The number of rotatable bonds is 6. The third kappa shape index (κ3) is 5.08. The van der Waals surface area contributed by atoms with Crippen LogP contribution < -0.4 is 0 Å². The van der Waals surface area contributed by atoms with E-state index in [-0.39, 0.29) is 5.91 Å². The lowest BCUT2D eigenvalue weighted by Crippen LogP contribution is -2.30. The van der Waals surface area contributed by atoms with Gasteiger partial charge in [0.25, 0.3) is 5.91 Å². The van der Waals surface area contributed by atoms with Crippen LogP contribution in [0, 0.1) is 0 Å². The molecule has 1 aliphatic carbocycles. The van der Waals surface area contributed by atoms with Crippen LogP contribution in [0.5, 0.6) is 0 Å². The van der Waals surface area contributed by atoms with Crippen LogP contribution in [0.15, 0.2) is 73.3 Å². The molecule has 0 saturated heterocycles. The number of carbonyl (C=O) groups excluding carboxylic acids is 1. The fraction of sp³-hybridized carbons (Fsp3) is 0.320. The molecule has 1 amide bonds. The van der Waals surface area contributed by atoms with Crippen molar-refractivity contribution in [1.82, 2.24) is 14.9 Å². The summed E-state index contributed by atoms with van der Waals surface area (Å²) in [7, 11) is 0. The molecule has 0 atom stereocenters. The van der Waals surface area contributed by atoms with Crippen molar-refractivity contribution in [2.75, 3.05) is 0 Å². The number of pyridine rings is 2. The summed E-state index contributed by atoms with van der Waals surface area (Å²) < 4.78 is 0. The third-order valence-electron chi connectivity index (χ3n) is 5.74. The van der Waals surface area contributed by atoms with E-state index in [1.165, 1.54) is 37.7 Å². The molecule has 0 radical (unpaired) electrons. The maximum Gasteiger partial charge on any atom is 0.254 e. The van der Waals surface area contributed by atoms with E-state index in [9.17, 15) is 4.79 Å². The molecule has 4 heteroatoms. The van der Waals surface area contributed by atoms with E-state index >= 15 is 0 Å². The Hall–Kier alpha value is -3.01. The van der Waals surface area contributed by atoms with E-state index in [0.717, 1.165) is 16.7 Å². The molecule has 1 fully saturated rings. The molecule has 1 saturated carbocycles. The van der Waals surface area contributed by atoms with Crippen molar-refractivity contribution in [3.8, 4) is 0 Å². The summed E-state index contributed by atoms with van der Waals surface area (Å²) in [6, 6.07) is 16.1. The van der Waals surface area contributed by atoms with Crippen LogP contribution >= 0.6 is 0 Å². The minimum Gasteiger partial charge on any atom is -0.330 e. The molecule has 2 heterocycles. The normalized spacial score (nSPS) is 14.5. The molecule has 4 rings (SSSR count).